The maximum atomic E-state index is 5.33. The summed E-state index contributed by atoms with van der Waals surface area (Å²) in [4.78, 5) is 44.0. The minimum atomic E-state index is -0.135. The first-order valence-electron chi connectivity index (χ1n) is 41.5. The summed E-state index contributed by atoms with van der Waals surface area (Å²) in [5, 5.41) is 68.5. The van der Waals surface area contributed by atoms with Crippen LogP contribution in [0.25, 0.3) is 111 Å². The number of ether oxygens (including phenoxy) is 4. The molecule has 32 nitrogen and oxygen atoms in total. The predicted octanol–water partition coefficient (Wildman–Crippen LogP) is 16.3. The van der Waals surface area contributed by atoms with Crippen molar-refractivity contribution in [2.75, 3.05) is 80.0 Å². The van der Waals surface area contributed by atoms with Gasteiger partial charge in [-0.15, -0.1) is 0 Å². The molecule has 0 bridgehead atoms. The van der Waals surface area contributed by atoms with Gasteiger partial charge >= 0.3 is 0 Å². The lowest BCUT2D eigenvalue weighted by molar-refractivity contribution is 0.415. The summed E-state index contributed by atoms with van der Waals surface area (Å²) in [5.41, 5.74) is 26.8. The third kappa shape index (κ3) is 18.3. The van der Waals surface area contributed by atoms with Gasteiger partial charge in [-0.3, -0.25) is 40.3 Å². The van der Waals surface area contributed by atoms with E-state index >= 15 is 0 Å². The van der Waals surface area contributed by atoms with Gasteiger partial charge in [-0.05, 0) is 152 Å². The second kappa shape index (κ2) is 37.5. The van der Waals surface area contributed by atoms with Crippen LogP contribution in [-0.4, -0.2) is 145 Å². The smallest absolute Gasteiger partial charge is 0.181 e. The van der Waals surface area contributed by atoms with E-state index in [-0.39, 0.29) is 18.5 Å². The molecule has 3 unspecified atom stereocenters. The number of imidazole rings is 1. The van der Waals surface area contributed by atoms with Crippen LogP contribution in [0.1, 0.15) is 112 Å². The Bertz CT molecular complexity index is 6600. The first-order chi connectivity index (χ1) is 60.8. The number of hydrogen-bond acceptors (Lipinski definition) is 27. The number of hydrogen-bond donors (Lipinski definition) is 15. The Morgan fingerprint density at radius 1 is 0.355 bits per heavy atom. The summed E-state index contributed by atoms with van der Waals surface area (Å²) < 4.78 is 21.3. The van der Waals surface area contributed by atoms with E-state index in [2.05, 4.69) is 222 Å². The second-order valence-corrected chi connectivity index (χ2v) is 30.6. The fourth-order valence-corrected chi connectivity index (χ4v) is 15.0. The zero-order valence-electron chi connectivity index (χ0n) is 70.3. The maximum Gasteiger partial charge on any atom is 0.181 e. The molecule has 4 aromatic carbocycles. The van der Waals surface area contributed by atoms with Gasteiger partial charge < -0.3 is 77.1 Å². The van der Waals surface area contributed by atoms with Gasteiger partial charge in [0.25, 0.3) is 0 Å². The van der Waals surface area contributed by atoms with Crippen LogP contribution < -0.4 is 72.1 Å². The predicted molar refractivity (Wildman–Crippen MR) is 487 cm³/mol. The van der Waals surface area contributed by atoms with Gasteiger partial charge in [0.2, 0.25) is 0 Å². The molecule has 0 saturated carbocycles. The lowest BCUT2D eigenvalue weighted by atomic mass is 10.1. The monoisotopic (exact) mass is 1660 g/mol. The molecule has 13 aromatic heterocycles. The molecule has 0 saturated heterocycles. The van der Waals surface area contributed by atoms with Crippen LogP contribution in [0.2, 0.25) is 0 Å². The minimum Gasteiger partial charge on any atom is -0.497 e. The molecule has 0 fully saturated rings. The third-order valence-corrected chi connectivity index (χ3v) is 21.6. The Hall–Kier alpha value is -14.7. The first kappa shape index (κ1) is 81.6. The number of fused-ring (bicyclic) bond motifs is 8. The van der Waals surface area contributed by atoms with Crippen LogP contribution in [0.5, 0.6) is 23.0 Å². The van der Waals surface area contributed by atoms with Crippen molar-refractivity contribution >= 4 is 89.3 Å². The number of benzene rings is 4. The van der Waals surface area contributed by atoms with Crippen LogP contribution in [-0.2, 0) is 26.2 Å². The van der Waals surface area contributed by atoms with Gasteiger partial charge in [0.1, 0.15) is 47.2 Å². The number of nitrogens with one attached hydrogen (secondary N) is 15. The molecule has 124 heavy (non-hydrogen) atoms. The number of methoxy groups -OCH3 is 4. The highest BCUT2D eigenvalue weighted by Gasteiger charge is 2.30. The van der Waals surface area contributed by atoms with Crippen molar-refractivity contribution < 1.29 is 18.9 Å². The highest BCUT2D eigenvalue weighted by Crippen LogP contribution is 2.43. The Morgan fingerprint density at radius 3 is 1.12 bits per heavy atom. The molecular formula is C92H98N28O4. The van der Waals surface area contributed by atoms with Gasteiger partial charge in [-0.1, -0.05) is 41.0 Å². The van der Waals surface area contributed by atoms with Crippen molar-refractivity contribution in [1.82, 2.24) is 112 Å². The molecule has 0 amide bonds. The van der Waals surface area contributed by atoms with E-state index in [1.165, 1.54) is 12.8 Å². The zero-order valence-corrected chi connectivity index (χ0v) is 70.3. The number of aromatic amines is 5. The number of unbranched alkanes of at least 4 members (excludes halogenated alkanes) is 1. The number of nitrogens with zero attached hydrogens (tertiary/aromatic N) is 13. The van der Waals surface area contributed by atoms with Gasteiger partial charge in [0.05, 0.1) is 96.1 Å². The van der Waals surface area contributed by atoms with E-state index in [0.29, 0.717) is 34.5 Å². The quantitative estimate of drug-likeness (QED) is 0.0213. The molecule has 16 heterocycles. The van der Waals surface area contributed by atoms with Crippen molar-refractivity contribution in [2.24, 2.45) is 0 Å². The minimum absolute atomic E-state index is 0.132. The van der Waals surface area contributed by atoms with Crippen LogP contribution in [0.3, 0.4) is 0 Å². The van der Waals surface area contributed by atoms with Gasteiger partial charge in [0.15, 0.2) is 28.4 Å². The van der Waals surface area contributed by atoms with Crippen LogP contribution in [0.15, 0.2) is 196 Å². The largest absolute Gasteiger partial charge is 0.497 e. The number of rotatable bonds is 27. The Morgan fingerprint density at radius 2 is 0.718 bits per heavy atom. The number of aromatic nitrogens is 18. The lowest BCUT2D eigenvalue weighted by Gasteiger charge is -2.11. The van der Waals surface area contributed by atoms with Gasteiger partial charge in [-0.25, -0.2) is 24.9 Å². The molecule has 630 valence electrons. The van der Waals surface area contributed by atoms with E-state index < -0.39 is 0 Å². The molecule has 32 heteroatoms. The van der Waals surface area contributed by atoms with Gasteiger partial charge in [0, 0.05) is 192 Å². The molecule has 3 aliphatic rings. The van der Waals surface area contributed by atoms with E-state index in [1.54, 1.807) is 28.4 Å². The normalized spacial score (nSPS) is 14.0. The van der Waals surface area contributed by atoms with Crippen molar-refractivity contribution in [1.29, 1.82) is 0 Å². The van der Waals surface area contributed by atoms with Gasteiger partial charge in [-0.2, -0.15) is 20.4 Å². The molecule has 0 radical (unpaired) electrons. The fraction of sp³-hybridized carbons (Fsp3) is 0.250. The van der Waals surface area contributed by atoms with Crippen molar-refractivity contribution in [3.05, 3.63) is 235 Å². The first-order valence-corrected chi connectivity index (χ1v) is 41.5. The SMILES string of the molecule is CCCCNCc1cncc(-c2cnc3n[nH]c(-c4nc5ccc(OC)cc5[nH]4)c3c2)c1.CCCNCc1cncc(-c2cnc3n[nH]c(C4Nc5ccc(OC)cc5N4)c3c2)c1.CCNCc1cncc(-c2cnc3n[nH]c(C4Nc5ccc(OC)cc5N4)c3c2)c1.COc1ccc2c(c1)NC(c1[nH]nc3ncc(-c4cncc(CNC(C)C)c4)cc13)N2. The third-order valence-electron chi connectivity index (χ3n) is 21.6. The topological polar surface area (TPSA) is 404 Å². The lowest BCUT2D eigenvalue weighted by Crippen LogP contribution is -2.21. The van der Waals surface area contributed by atoms with E-state index in [0.717, 1.165) is 231 Å². The summed E-state index contributed by atoms with van der Waals surface area (Å²) in [7, 11) is 6.65. The molecule has 17 aromatic rings. The van der Waals surface area contributed by atoms with E-state index in [1.807, 2.05) is 147 Å². The molecule has 20 rings (SSSR count). The summed E-state index contributed by atoms with van der Waals surface area (Å²) in [6, 6.07) is 41.0. The number of H-pyrrole nitrogens is 5. The molecule has 15 N–H and O–H groups in total. The van der Waals surface area contributed by atoms with Crippen molar-refractivity contribution in [2.45, 2.75) is 105 Å². The molecule has 3 aliphatic heterocycles. The maximum absolute atomic E-state index is 5.33. The van der Waals surface area contributed by atoms with Crippen LogP contribution in [0, 0.1) is 0 Å². The molecule has 3 atom stereocenters. The van der Waals surface area contributed by atoms with Crippen LogP contribution in [0.4, 0.5) is 34.1 Å². The van der Waals surface area contributed by atoms with Crippen molar-refractivity contribution in [3.8, 4) is 79.0 Å². The average molecular weight is 1660 g/mol. The second-order valence-electron chi connectivity index (χ2n) is 30.6. The van der Waals surface area contributed by atoms with E-state index in [4.69, 9.17) is 23.9 Å². The molecular weight excluding hydrogens is 1560 g/mol. The Balaban J connectivity index is 0.000000117. The highest BCUT2D eigenvalue weighted by atomic mass is 16.5. The average Bonchev–Trinajstić information content (AvgIpc) is 1.64. The molecule has 0 aliphatic carbocycles. The molecule has 0 spiro atoms. The summed E-state index contributed by atoms with van der Waals surface area (Å²) >= 11 is 0. The number of pyridine rings is 8. The summed E-state index contributed by atoms with van der Waals surface area (Å²) in [5.74, 6) is 3.93. The van der Waals surface area contributed by atoms with Crippen LogP contribution >= 0.6 is 0 Å². The Kier molecular flexibility index (Phi) is 24.7. The summed E-state index contributed by atoms with van der Waals surface area (Å²) in [6.07, 6.45) is 25.5. The highest BCUT2D eigenvalue weighted by molar-refractivity contribution is 5.95. The zero-order chi connectivity index (χ0) is 85.0. The summed E-state index contributed by atoms with van der Waals surface area (Å²) in [6.45, 7) is 16.8. The Labute approximate surface area is 715 Å². The fourth-order valence-electron chi connectivity index (χ4n) is 15.0. The van der Waals surface area contributed by atoms with Crippen molar-refractivity contribution in [3.63, 3.8) is 0 Å². The van der Waals surface area contributed by atoms with E-state index in [9.17, 15) is 0 Å². The standard InChI is InChI=1S/C24H25N7O.2C23H25N7O.C22H23N7O/c1-3-4-7-25-11-15-8-16(13-26-12-15)17-9-19-22(30-31-23(19)27-14-17)24-28-20-6-5-18(32-2)10-21(20)29-24;1-13(2)25-10-14-6-15(11-24-9-14)16-7-18-21(29-30-22(18)26-12-16)23-27-19-5-4-17(31-3)8-20(19)28-23;1-3-6-24-10-14-7-15(12-25-11-14)16-8-18-21(29-30-22(18)26-13-16)23-27-19-5-4-17(31-2)9-20(19)28-23;1-3-23-9-13-6-14(11-24-10-13)15-7-17-20(28-29-21(17)25-12-15)22-26-18-5-4-16(30-2)8-19(18)27-22/h5-6,8-10,12-14,25H,3-4,7,11H2,1-2H3,(H,28,29)(H,27,30,31);4-9,11-13,23,25,27-28H,10H2,1-3H3,(H,26,29,30);4-5,7-9,11-13,23-24,27-28H,3,6,10H2,1-2H3,(H,26,29,30);4-8,10-12,22-23,26-27H,3,9H2,1-2H3,(H,25,28,29). The number of anilines is 6.